The zero-order chi connectivity index (χ0) is 21.8. The van der Waals surface area contributed by atoms with Crippen molar-refractivity contribution in [3.63, 3.8) is 0 Å². The molecule has 30 heavy (non-hydrogen) atoms. The molecule has 2 aromatic rings. The largest absolute Gasteiger partial charge is 0.480 e. The van der Waals surface area contributed by atoms with Crippen LogP contribution >= 0.6 is 35.7 Å². The van der Waals surface area contributed by atoms with Gasteiger partial charge in [-0.15, -0.1) is 0 Å². The molecule has 1 unspecified atom stereocenters. The number of para-hydroxylation sites is 1. The van der Waals surface area contributed by atoms with E-state index in [9.17, 15) is 24.8 Å². The van der Waals surface area contributed by atoms with Crippen molar-refractivity contribution >= 4 is 63.7 Å². The van der Waals surface area contributed by atoms with Crippen LogP contribution in [0.4, 0.5) is 5.69 Å². The highest BCUT2D eigenvalue weighted by Gasteiger charge is 2.40. The summed E-state index contributed by atoms with van der Waals surface area (Å²) < 4.78 is 5.86. The van der Waals surface area contributed by atoms with Gasteiger partial charge in [0.05, 0.1) is 15.4 Å². The van der Waals surface area contributed by atoms with Crippen LogP contribution in [0.1, 0.15) is 12.2 Å². The number of hydrogen-bond acceptors (Lipinski definition) is 8. The van der Waals surface area contributed by atoms with Crippen molar-refractivity contribution in [2.75, 3.05) is 12.0 Å². The second-order valence-corrected chi connectivity index (χ2v) is 8.82. The third-order valence-corrected chi connectivity index (χ3v) is 6.26. The average Bonchev–Trinajstić information content (AvgIpc) is 3.28. The lowest BCUT2D eigenvalue weighted by molar-refractivity contribution is -0.384. The predicted octanol–water partition coefficient (Wildman–Crippen LogP) is 4.26. The Morgan fingerprint density at radius 1 is 1.40 bits per heavy atom. The van der Waals surface area contributed by atoms with E-state index in [1.165, 1.54) is 23.9 Å². The van der Waals surface area contributed by atoms with Crippen LogP contribution in [-0.2, 0) is 9.59 Å². The number of furan rings is 1. The quantitative estimate of drug-likeness (QED) is 0.265. The molecule has 1 N–H and O–H groups in total. The molecule has 1 atom stereocenters. The Morgan fingerprint density at radius 3 is 2.80 bits per heavy atom. The van der Waals surface area contributed by atoms with E-state index in [0.717, 1.165) is 16.7 Å². The Bertz CT molecular complexity index is 1050. The molecule has 1 aliphatic heterocycles. The normalized spacial score (nSPS) is 16.3. The van der Waals surface area contributed by atoms with Gasteiger partial charge in [0.15, 0.2) is 0 Å². The summed E-state index contributed by atoms with van der Waals surface area (Å²) in [5, 5.41) is 20.7. The number of thiocarbonyl (C=S) groups is 1. The number of amides is 1. The SMILES string of the molecule is CSCCC(C(=O)O)N1C(=O)C(=Cc2ccc(-c3ccccc3[N+](=O)[O-])o2)SC1=S. The van der Waals surface area contributed by atoms with Gasteiger partial charge in [0, 0.05) is 12.1 Å². The molecule has 1 aromatic carbocycles. The van der Waals surface area contributed by atoms with E-state index in [1.807, 2.05) is 6.26 Å². The molecule has 0 aliphatic carbocycles. The highest BCUT2D eigenvalue weighted by molar-refractivity contribution is 8.26. The molecule has 0 radical (unpaired) electrons. The van der Waals surface area contributed by atoms with Crippen LogP contribution in [0.3, 0.4) is 0 Å². The minimum Gasteiger partial charge on any atom is -0.480 e. The fourth-order valence-corrected chi connectivity index (χ4v) is 4.68. The molecule has 2 heterocycles. The molecule has 3 rings (SSSR count). The summed E-state index contributed by atoms with van der Waals surface area (Å²) in [6, 6.07) is 8.31. The molecule has 8 nitrogen and oxygen atoms in total. The Kier molecular flexibility index (Phi) is 6.95. The molecule has 11 heteroatoms. The van der Waals surface area contributed by atoms with E-state index in [0.29, 0.717) is 17.1 Å². The molecule has 1 saturated heterocycles. The van der Waals surface area contributed by atoms with Crippen molar-refractivity contribution in [1.82, 2.24) is 4.90 Å². The summed E-state index contributed by atoms with van der Waals surface area (Å²) in [4.78, 5) is 36.5. The Labute approximate surface area is 185 Å². The maximum Gasteiger partial charge on any atom is 0.326 e. The first kappa shape index (κ1) is 22.1. The molecule has 1 aromatic heterocycles. The van der Waals surface area contributed by atoms with Crippen LogP contribution in [0, 0.1) is 10.1 Å². The lowest BCUT2D eigenvalue weighted by Gasteiger charge is -2.22. The number of benzene rings is 1. The number of carbonyl (C=O) groups is 2. The summed E-state index contributed by atoms with van der Waals surface area (Å²) in [6.07, 6.45) is 3.60. The number of carboxylic acid groups (broad SMARTS) is 1. The van der Waals surface area contributed by atoms with Crippen molar-refractivity contribution < 1.29 is 24.0 Å². The highest BCUT2D eigenvalue weighted by atomic mass is 32.2. The van der Waals surface area contributed by atoms with E-state index in [1.54, 1.807) is 30.3 Å². The first-order valence-corrected chi connectivity index (χ1v) is 11.3. The van der Waals surface area contributed by atoms with Gasteiger partial charge in [0.25, 0.3) is 11.6 Å². The second kappa shape index (κ2) is 9.45. The monoisotopic (exact) mass is 464 g/mol. The van der Waals surface area contributed by atoms with Crippen LogP contribution in [0.2, 0.25) is 0 Å². The average molecular weight is 465 g/mol. The summed E-state index contributed by atoms with van der Waals surface area (Å²) in [5.74, 6) is -0.447. The fraction of sp³-hybridized carbons (Fsp3) is 0.211. The molecule has 0 bridgehead atoms. The van der Waals surface area contributed by atoms with E-state index in [4.69, 9.17) is 16.6 Å². The Morgan fingerprint density at radius 2 is 2.13 bits per heavy atom. The minimum absolute atomic E-state index is 0.0946. The molecule has 1 fully saturated rings. The molecule has 0 spiro atoms. The van der Waals surface area contributed by atoms with E-state index < -0.39 is 22.8 Å². The number of thioether (sulfide) groups is 2. The van der Waals surface area contributed by atoms with Crippen LogP contribution in [-0.4, -0.2) is 49.2 Å². The minimum atomic E-state index is -1.11. The van der Waals surface area contributed by atoms with Gasteiger partial charge in [0.1, 0.15) is 21.9 Å². The number of rotatable bonds is 8. The molecule has 1 aliphatic rings. The van der Waals surface area contributed by atoms with Gasteiger partial charge in [-0.1, -0.05) is 36.1 Å². The van der Waals surface area contributed by atoms with Crippen LogP contribution < -0.4 is 0 Å². The van der Waals surface area contributed by atoms with Crippen molar-refractivity contribution in [3.8, 4) is 11.3 Å². The van der Waals surface area contributed by atoms with Crippen molar-refractivity contribution in [3.05, 3.63) is 57.2 Å². The first-order valence-electron chi connectivity index (χ1n) is 8.66. The highest BCUT2D eigenvalue weighted by Crippen LogP contribution is 2.36. The summed E-state index contributed by atoms with van der Waals surface area (Å²) in [6.45, 7) is 0. The van der Waals surface area contributed by atoms with Gasteiger partial charge in [-0.05, 0) is 36.6 Å². The van der Waals surface area contributed by atoms with E-state index in [2.05, 4.69) is 0 Å². The van der Waals surface area contributed by atoms with Crippen LogP contribution in [0.15, 0.2) is 45.7 Å². The lowest BCUT2D eigenvalue weighted by atomic mass is 10.1. The summed E-state index contributed by atoms with van der Waals surface area (Å²) in [7, 11) is 0. The van der Waals surface area contributed by atoms with Gasteiger partial charge >= 0.3 is 5.97 Å². The molecular formula is C19H16N2O6S3. The standard InChI is InChI=1S/C19H16N2O6S3/c1-29-9-8-14(18(23)24)20-17(22)16(30-19(20)28)10-11-6-7-15(27-11)12-4-2-3-5-13(12)21(25)26/h2-7,10,14H,8-9H2,1H3,(H,23,24). The summed E-state index contributed by atoms with van der Waals surface area (Å²) >= 11 is 7.72. The first-order chi connectivity index (χ1) is 14.3. The fourth-order valence-electron chi connectivity index (χ4n) is 2.89. The Hall–Kier alpha value is -2.63. The third kappa shape index (κ3) is 4.58. The lowest BCUT2D eigenvalue weighted by Crippen LogP contribution is -2.44. The molecule has 1 amide bonds. The zero-order valence-corrected chi connectivity index (χ0v) is 18.1. The van der Waals surface area contributed by atoms with Gasteiger partial charge in [-0.3, -0.25) is 19.8 Å². The van der Waals surface area contributed by atoms with Gasteiger partial charge in [0.2, 0.25) is 0 Å². The van der Waals surface area contributed by atoms with Crippen LogP contribution in [0.25, 0.3) is 17.4 Å². The second-order valence-electron chi connectivity index (χ2n) is 6.16. The Balaban J connectivity index is 1.87. The number of carboxylic acids is 1. The smallest absolute Gasteiger partial charge is 0.326 e. The van der Waals surface area contributed by atoms with Crippen molar-refractivity contribution in [2.45, 2.75) is 12.5 Å². The van der Waals surface area contributed by atoms with Gasteiger partial charge in [-0.2, -0.15) is 11.8 Å². The number of nitro benzene ring substituents is 1. The number of nitrogens with zero attached hydrogens (tertiary/aromatic N) is 2. The third-order valence-electron chi connectivity index (χ3n) is 4.28. The van der Waals surface area contributed by atoms with Crippen molar-refractivity contribution in [1.29, 1.82) is 0 Å². The number of hydrogen-bond donors (Lipinski definition) is 1. The van der Waals surface area contributed by atoms with E-state index in [-0.39, 0.29) is 27.1 Å². The number of nitro groups is 1. The van der Waals surface area contributed by atoms with E-state index >= 15 is 0 Å². The van der Waals surface area contributed by atoms with Gasteiger partial charge in [-0.25, -0.2) is 4.79 Å². The zero-order valence-electron chi connectivity index (χ0n) is 15.6. The molecule has 156 valence electrons. The van der Waals surface area contributed by atoms with Gasteiger partial charge < -0.3 is 9.52 Å². The predicted molar refractivity (Wildman–Crippen MR) is 120 cm³/mol. The number of carbonyl (C=O) groups excluding carboxylic acids is 1. The number of aliphatic carboxylic acids is 1. The summed E-state index contributed by atoms with van der Waals surface area (Å²) in [5.41, 5.74) is 0.223. The molecular weight excluding hydrogens is 448 g/mol. The maximum atomic E-state index is 12.8. The maximum absolute atomic E-state index is 12.8. The van der Waals surface area contributed by atoms with Crippen LogP contribution in [0.5, 0.6) is 0 Å². The molecule has 0 saturated carbocycles. The topological polar surface area (TPSA) is 114 Å². The van der Waals surface area contributed by atoms with Crippen molar-refractivity contribution in [2.24, 2.45) is 0 Å².